The number of aliphatic carboxylic acids is 1. The SMILES string of the molecule is CC(=O)N[C@H](CC(=O)O)C1CCCO1. The van der Waals surface area contributed by atoms with E-state index in [1.54, 1.807) is 0 Å². The normalized spacial score (nSPS) is 23.1. The van der Waals surface area contributed by atoms with Gasteiger partial charge in [0, 0.05) is 13.5 Å². The van der Waals surface area contributed by atoms with E-state index < -0.39 is 12.0 Å². The number of rotatable bonds is 4. The molecule has 0 aliphatic carbocycles. The minimum absolute atomic E-state index is 0.0791. The van der Waals surface area contributed by atoms with Gasteiger partial charge in [-0.2, -0.15) is 0 Å². The average Bonchev–Trinajstić information content (AvgIpc) is 2.52. The summed E-state index contributed by atoms with van der Waals surface area (Å²) in [5.41, 5.74) is 0. The zero-order valence-electron chi connectivity index (χ0n) is 8.16. The molecule has 1 saturated heterocycles. The van der Waals surface area contributed by atoms with E-state index >= 15 is 0 Å². The number of carboxylic acid groups (broad SMARTS) is 1. The lowest BCUT2D eigenvalue weighted by Gasteiger charge is -2.21. The lowest BCUT2D eigenvalue weighted by Crippen LogP contribution is -2.43. The average molecular weight is 201 g/mol. The highest BCUT2D eigenvalue weighted by Crippen LogP contribution is 2.17. The smallest absolute Gasteiger partial charge is 0.305 e. The van der Waals surface area contributed by atoms with Crippen molar-refractivity contribution in [3.8, 4) is 0 Å². The topological polar surface area (TPSA) is 75.6 Å². The lowest BCUT2D eigenvalue weighted by molar-refractivity contribution is -0.138. The number of carbonyl (C=O) groups excluding carboxylic acids is 1. The molecule has 1 fully saturated rings. The van der Waals surface area contributed by atoms with E-state index in [9.17, 15) is 9.59 Å². The van der Waals surface area contributed by atoms with Gasteiger partial charge in [0.1, 0.15) is 0 Å². The highest BCUT2D eigenvalue weighted by Gasteiger charge is 2.28. The second kappa shape index (κ2) is 4.95. The van der Waals surface area contributed by atoms with Gasteiger partial charge in [-0.05, 0) is 12.8 Å². The van der Waals surface area contributed by atoms with Crippen LogP contribution in [0.2, 0.25) is 0 Å². The summed E-state index contributed by atoms with van der Waals surface area (Å²) in [5.74, 6) is -1.13. The molecule has 1 aliphatic heterocycles. The molecule has 0 aromatic heterocycles. The zero-order chi connectivity index (χ0) is 10.6. The molecule has 0 aromatic carbocycles. The minimum Gasteiger partial charge on any atom is -0.481 e. The van der Waals surface area contributed by atoms with Crippen LogP contribution >= 0.6 is 0 Å². The molecule has 0 saturated carbocycles. The van der Waals surface area contributed by atoms with Gasteiger partial charge in [0.15, 0.2) is 0 Å². The number of ether oxygens (including phenoxy) is 1. The Labute approximate surface area is 82.4 Å². The predicted molar refractivity (Wildman–Crippen MR) is 48.8 cm³/mol. The molecule has 80 valence electrons. The van der Waals surface area contributed by atoms with Crippen LogP contribution in [0.1, 0.15) is 26.2 Å². The van der Waals surface area contributed by atoms with Crippen LogP contribution in [-0.4, -0.2) is 35.7 Å². The van der Waals surface area contributed by atoms with Crippen LogP contribution in [0.5, 0.6) is 0 Å². The number of hydrogen-bond acceptors (Lipinski definition) is 3. The van der Waals surface area contributed by atoms with Crippen LogP contribution < -0.4 is 5.32 Å². The van der Waals surface area contributed by atoms with Gasteiger partial charge < -0.3 is 15.2 Å². The van der Waals surface area contributed by atoms with E-state index in [-0.39, 0.29) is 18.4 Å². The Balaban J connectivity index is 2.50. The summed E-state index contributed by atoms with van der Waals surface area (Å²) >= 11 is 0. The predicted octanol–water partition coefficient (Wildman–Crippen LogP) is 0.145. The molecule has 1 amide bonds. The molecule has 0 radical (unpaired) electrons. The summed E-state index contributed by atoms with van der Waals surface area (Å²) in [5, 5.41) is 11.3. The number of carboxylic acids is 1. The molecule has 2 N–H and O–H groups in total. The summed E-state index contributed by atoms with van der Waals surface area (Å²) in [6.45, 7) is 2.03. The highest BCUT2D eigenvalue weighted by molar-refractivity contribution is 5.75. The van der Waals surface area contributed by atoms with Crippen molar-refractivity contribution in [2.24, 2.45) is 0 Å². The summed E-state index contributed by atoms with van der Waals surface area (Å²) < 4.78 is 5.34. The Morgan fingerprint density at radius 2 is 2.36 bits per heavy atom. The molecule has 2 atom stereocenters. The highest BCUT2D eigenvalue weighted by atomic mass is 16.5. The van der Waals surface area contributed by atoms with Crippen molar-refractivity contribution in [2.75, 3.05) is 6.61 Å². The first-order valence-electron chi connectivity index (χ1n) is 4.70. The van der Waals surface area contributed by atoms with Gasteiger partial charge in [0.25, 0.3) is 0 Å². The van der Waals surface area contributed by atoms with E-state index in [2.05, 4.69) is 5.32 Å². The van der Waals surface area contributed by atoms with Gasteiger partial charge in [-0.15, -0.1) is 0 Å². The maximum absolute atomic E-state index is 10.8. The van der Waals surface area contributed by atoms with Crippen molar-refractivity contribution >= 4 is 11.9 Å². The van der Waals surface area contributed by atoms with Crippen molar-refractivity contribution in [1.29, 1.82) is 0 Å². The molecule has 1 rings (SSSR count). The second-order valence-corrected chi connectivity index (χ2v) is 3.46. The Morgan fingerprint density at radius 1 is 1.64 bits per heavy atom. The van der Waals surface area contributed by atoms with E-state index in [0.29, 0.717) is 6.61 Å². The Kier molecular flexibility index (Phi) is 3.88. The fourth-order valence-corrected chi connectivity index (χ4v) is 1.64. The van der Waals surface area contributed by atoms with Crippen molar-refractivity contribution < 1.29 is 19.4 Å². The monoisotopic (exact) mass is 201 g/mol. The van der Waals surface area contributed by atoms with Gasteiger partial charge in [-0.3, -0.25) is 9.59 Å². The standard InChI is InChI=1S/C9H15NO4/c1-6(11)10-7(5-9(12)13)8-3-2-4-14-8/h7-8H,2-5H2,1H3,(H,10,11)(H,12,13)/t7-,8?/m1/s1. The fourth-order valence-electron chi connectivity index (χ4n) is 1.64. The molecule has 5 heteroatoms. The van der Waals surface area contributed by atoms with Crippen molar-refractivity contribution in [2.45, 2.75) is 38.3 Å². The first-order chi connectivity index (χ1) is 6.59. The largest absolute Gasteiger partial charge is 0.481 e. The molecular weight excluding hydrogens is 186 g/mol. The van der Waals surface area contributed by atoms with Crippen LogP contribution in [0.25, 0.3) is 0 Å². The molecule has 0 aromatic rings. The molecule has 1 heterocycles. The van der Waals surface area contributed by atoms with E-state index in [4.69, 9.17) is 9.84 Å². The van der Waals surface area contributed by atoms with Crippen molar-refractivity contribution in [3.63, 3.8) is 0 Å². The maximum Gasteiger partial charge on any atom is 0.305 e. The van der Waals surface area contributed by atoms with Gasteiger partial charge >= 0.3 is 5.97 Å². The van der Waals surface area contributed by atoms with Crippen LogP contribution in [0.4, 0.5) is 0 Å². The molecule has 14 heavy (non-hydrogen) atoms. The fraction of sp³-hybridized carbons (Fsp3) is 0.778. The van der Waals surface area contributed by atoms with Gasteiger partial charge in [-0.25, -0.2) is 0 Å². The quantitative estimate of drug-likeness (QED) is 0.678. The first-order valence-corrected chi connectivity index (χ1v) is 4.70. The Morgan fingerprint density at radius 3 is 2.79 bits per heavy atom. The van der Waals surface area contributed by atoms with E-state index in [1.165, 1.54) is 6.92 Å². The third-order valence-electron chi connectivity index (χ3n) is 2.20. The van der Waals surface area contributed by atoms with Crippen LogP contribution in [0, 0.1) is 0 Å². The number of hydrogen-bond donors (Lipinski definition) is 2. The first kappa shape index (κ1) is 11.0. The van der Waals surface area contributed by atoms with Crippen LogP contribution in [-0.2, 0) is 14.3 Å². The molecule has 0 spiro atoms. The maximum atomic E-state index is 10.8. The van der Waals surface area contributed by atoms with Crippen molar-refractivity contribution in [1.82, 2.24) is 5.32 Å². The summed E-state index contributed by atoms with van der Waals surface area (Å²) in [7, 11) is 0. The zero-order valence-corrected chi connectivity index (χ0v) is 8.16. The summed E-state index contributed by atoms with van der Waals surface area (Å²) in [6.07, 6.45) is 1.53. The lowest BCUT2D eigenvalue weighted by atomic mass is 10.0. The van der Waals surface area contributed by atoms with Crippen LogP contribution in [0.15, 0.2) is 0 Å². The van der Waals surface area contributed by atoms with Crippen molar-refractivity contribution in [3.05, 3.63) is 0 Å². The second-order valence-electron chi connectivity index (χ2n) is 3.46. The molecule has 1 aliphatic rings. The molecule has 5 nitrogen and oxygen atoms in total. The van der Waals surface area contributed by atoms with Gasteiger partial charge in [0.05, 0.1) is 18.6 Å². The molecular formula is C9H15NO4. The molecule has 0 bridgehead atoms. The Hall–Kier alpha value is -1.10. The van der Waals surface area contributed by atoms with Crippen LogP contribution in [0.3, 0.4) is 0 Å². The van der Waals surface area contributed by atoms with E-state index in [0.717, 1.165) is 12.8 Å². The van der Waals surface area contributed by atoms with Gasteiger partial charge in [-0.1, -0.05) is 0 Å². The van der Waals surface area contributed by atoms with E-state index in [1.807, 2.05) is 0 Å². The summed E-state index contributed by atoms with van der Waals surface area (Å²) in [4.78, 5) is 21.4. The number of amides is 1. The third kappa shape index (κ3) is 3.33. The van der Waals surface area contributed by atoms with Gasteiger partial charge in [0.2, 0.25) is 5.91 Å². The third-order valence-corrected chi connectivity index (χ3v) is 2.20. The summed E-state index contributed by atoms with van der Waals surface area (Å²) in [6, 6.07) is -0.396. The molecule has 1 unspecified atom stereocenters. The number of nitrogens with one attached hydrogen (secondary N) is 1. The minimum atomic E-state index is -0.917. The number of carbonyl (C=O) groups is 2. The Bertz CT molecular complexity index is 207.